The molecule has 0 bridgehead atoms. The summed E-state index contributed by atoms with van der Waals surface area (Å²) in [6.07, 6.45) is 3.38. The fourth-order valence-electron chi connectivity index (χ4n) is 3.15. The van der Waals surface area contributed by atoms with Crippen molar-refractivity contribution in [1.29, 1.82) is 0 Å². The van der Waals surface area contributed by atoms with Crippen LogP contribution in [0.4, 0.5) is 8.78 Å². The van der Waals surface area contributed by atoms with Crippen molar-refractivity contribution in [3.8, 4) is 22.0 Å². The summed E-state index contributed by atoms with van der Waals surface area (Å²) in [6.45, 7) is 2.01. The number of carbonyl (C=O) groups is 1. The molecule has 1 amide bonds. The van der Waals surface area contributed by atoms with Gasteiger partial charge in [0.2, 0.25) is 0 Å². The van der Waals surface area contributed by atoms with Crippen molar-refractivity contribution in [3.05, 3.63) is 82.6 Å². The Morgan fingerprint density at radius 3 is 2.59 bits per heavy atom. The second kappa shape index (κ2) is 7.56. The number of carbonyl (C=O) groups excluding carboxylic acids is 1. The molecule has 0 aliphatic heterocycles. The summed E-state index contributed by atoms with van der Waals surface area (Å²) in [6, 6.07) is 9.15. The van der Waals surface area contributed by atoms with E-state index in [0.29, 0.717) is 28.2 Å². The maximum absolute atomic E-state index is 13.7. The molecule has 0 spiro atoms. The molecule has 29 heavy (non-hydrogen) atoms. The number of primary amides is 1. The van der Waals surface area contributed by atoms with Crippen molar-refractivity contribution in [3.63, 3.8) is 0 Å². The number of benzene rings is 1. The van der Waals surface area contributed by atoms with Gasteiger partial charge in [-0.05, 0) is 42.8 Å². The number of halogens is 2. The standard InChI is InChI=1S/C21H16F2N4OS/c1-12-15(20(24)28)9-19(27(12)10-13-2-3-16(22)17(23)8-13)18-11-29-21(26-18)14-4-6-25-7-5-14/h2-9,11H,10H2,1H3,(H2,24,28). The summed E-state index contributed by atoms with van der Waals surface area (Å²) in [5, 5.41) is 2.69. The molecule has 2 N–H and O–H groups in total. The van der Waals surface area contributed by atoms with Crippen LogP contribution in [0.1, 0.15) is 21.6 Å². The number of thiazole rings is 1. The molecule has 8 heteroatoms. The highest BCUT2D eigenvalue weighted by Crippen LogP contribution is 2.31. The molecule has 4 rings (SSSR count). The molecule has 0 aliphatic carbocycles. The molecular formula is C21H16F2N4OS. The van der Waals surface area contributed by atoms with Crippen LogP contribution in [0.3, 0.4) is 0 Å². The van der Waals surface area contributed by atoms with Crippen molar-refractivity contribution in [1.82, 2.24) is 14.5 Å². The molecule has 0 atom stereocenters. The molecule has 0 radical (unpaired) electrons. The van der Waals surface area contributed by atoms with Gasteiger partial charge in [0, 0.05) is 35.6 Å². The largest absolute Gasteiger partial charge is 0.366 e. The predicted molar refractivity (Wildman–Crippen MR) is 107 cm³/mol. The van der Waals surface area contributed by atoms with E-state index >= 15 is 0 Å². The first-order valence-electron chi connectivity index (χ1n) is 8.74. The highest BCUT2D eigenvalue weighted by atomic mass is 32.1. The molecule has 5 nitrogen and oxygen atoms in total. The van der Waals surface area contributed by atoms with Gasteiger partial charge in [-0.25, -0.2) is 13.8 Å². The Kier molecular flexibility index (Phi) is 4.94. The SMILES string of the molecule is Cc1c(C(N)=O)cc(-c2csc(-c3ccncc3)n2)n1Cc1ccc(F)c(F)c1. The molecular weight excluding hydrogens is 394 g/mol. The van der Waals surface area contributed by atoms with Gasteiger partial charge in [-0.1, -0.05) is 6.07 Å². The Morgan fingerprint density at radius 1 is 1.14 bits per heavy atom. The Morgan fingerprint density at radius 2 is 1.90 bits per heavy atom. The third-order valence-corrected chi connectivity index (χ3v) is 5.54. The number of nitrogens with zero attached hydrogens (tertiary/aromatic N) is 3. The van der Waals surface area contributed by atoms with Crippen LogP contribution < -0.4 is 5.73 Å². The summed E-state index contributed by atoms with van der Waals surface area (Å²) in [5.41, 5.74) is 9.36. The molecule has 1 aromatic carbocycles. The average molecular weight is 410 g/mol. The van der Waals surface area contributed by atoms with Crippen LogP contribution in [0.2, 0.25) is 0 Å². The zero-order valence-corrected chi connectivity index (χ0v) is 16.2. The lowest BCUT2D eigenvalue weighted by molar-refractivity contribution is 0.0999. The van der Waals surface area contributed by atoms with Crippen molar-refractivity contribution in [2.24, 2.45) is 5.73 Å². The van der Waals surface area contributed by atoms with Gasteiger partial charge in [-0.3, -0.25) is 9.78 Å². The van der Waals surface area contributed by atoms with Crippen molar-refractivity contribution in [2.45, 2.75) is 13.5 Å². The number of amides is 1. The van der Waals surface area contributed by atoms with Gasteiger partial charge in [0.25, 0.3) is 5.91 Å². The minimum atomic E-state index is -0.919. The van der Waals surface area contributed by atoms with E-state index in [1.807, 2.05) is 22.1 Å². The fraction of sp³-hybridized carbons (Fsp3) is 0.0952. The van der Waals surface area contributed by atoms with E-state index in [4.69, 9.17) is 5.73 Å². The van der Waals surface area contributed by atoms with Crippen LogP contribution in [0.5, 0.6) is 0 Å². The maximum atomic E-state index is 13.7. The molecule has 0 fully saturated rings. The number of hydrogen-bond acceptors (Lipinski definition) is 4. The van der Waals surface area contributed by atoms with Gasteiger partial charge in [-0.15, -0.1) is 11.3 Å². The predicted octanol–water partition coefficient (Wildman–Crippen LogP) is 4.41. The lowest BCUT2D eigenvalue weighted by Gasteiger charge is -2.11. The number of nitrogens with two attached hydrogens (primary N) is 1. The number of pyridine rings is 1. The minimum absolute atomic E-state index is 0.244. The smallest absolute Gasteiger partial charge is 0.250 e. The first-order valence-corrected chi connectivity index (χ1v) is 9.62. The third kappa shape index (κ3) is 3.66. The highest BCUT2D eigenvalue weighted by molar-refractivity contribution is 7.13. The number of hydrogen-bond donors (Lipinski definition) is 1. The second-order valence-electron chi connectivity index (χ2n) is 6.50. The lowest BCUT2D eigenvalue weighted by atomic mass is 10.2. The van der Waals surface area contributed by atoms with Crippen LogP contribution in [-0.4, -0.2) is 20.4 Å². The van der Waals surface area contributed by atoms with Crippen molar-refractivity contribution in [2.75, 3.05) is 0 Å². The van der Waals surface area contributed by atoms with E-state index < -0.39 is 17.5 Å². The van der Waals surface area contributed by atoms with E-state index in [2.05, 4.69) is 9.97 Å². The molecule has 146 valence electrons. The molecule has 0 unspecified atom stereocenters. The van der Waals surface area contributed by atoms with Crippen LogP contribution in [0, 0.1) is 18.6 Å². The molecule has 0 saturated carbocycles. The average Bonchev–Trinajstić information content (AvgIpc) is 3.31. The van der Waals surface area contributed by atoms with E-state index in [9.17, 15) is 13.6 Å². The van der Waals surface area contributed by atoms with Gasteiger partial charge < -0.3 is 10.3 Å². The topological polar surface area (TPSA) is 73.8 Å². The monoisotopic (exact) mass is 410 g/mol. The van der Waals surface area contributed by atoms with Crippen LogP contribution in [-0.2, 0) is 6.54 Å². The van der Waals surface area contributed by atoms with E-state index in [0.717, 1.165) is 22.7 Å². The summed E-state index contributed by atoms with van der Waals surface area (Å²) in [4.78, 5) is 20.6. The molecule has 3 aromatic heterocycles. The van der Waals surface area contributed by atoms with Gasteiger partial charge in [0.15, 0.2) is 11.6 Å². The number of aromatic nitrogens is 3. The van der Waals surface area contributed by atoms with Crippen molar-refractivity contribution < 1.29 is 13.6 Å². The Bertz CT molecular complexity index is 1200. The Hall–Kier alpha value is -3.39. The molecule has 0 saturated heterocycles. The number of rotatable bonds is 5. The first-order chi connectivity index (χ1) is 13.9. The van der Waals surface area contributed by atoms with E-state index in [1.165, 1.54) is 17.4 Å². The third-order valence-electron chi connectivity index (χ3n) is 4.65. The summed E-state index contributed by atoms with van der Waals surface area (Å²) in [5.74, 6) is -2.38. The van der Waals surface area contributed by atoms with Gasteiger partial charge in [0.05, 0.1) is 17.0 Å². The lowest BCUT2D eigenvalue weighted by Crippen LogP contribution is -2.13. The quantitative estimate of drug-likeness (QED) is 0.530. The zero-order valence-electron chi connectivity index (χ0n) is 15.4. The maximum Gasteiger partial charge on any atom is 0.250 e. The molecule has 0 aliphatic rings. The van der Waals surface area contributed by atoms with E-state index in [-0.39, 0.29) is 6.54 Å². The van der Waals surface area contributed by atoms with Crippen LogP contribution in [0.15, 0.2) is 54.2 Å². The zero-order chi connectivity index (χ0) is 20.5. The van der Waals surface area contributed by atoms with Gasteiger partial charge >= 0.3 is 0 Å². The van der Waals surface area contributed by atoms with Crippen LogP contribution in [0.25, 0.3) is 22.0 Å². The normalized spacial score (nSPS) is 11.0. The van der Waals surface area contributed by atoms with Gasteiger partial charge in [-0.2, -0.15) is 0 Å². The minimum Gasteiger partial charge on any atom is -0.366 e. The molecule has 3 heterocycles. The fourth-order valence-corrected chi connectivity index (χ4v) is 3.97. The van der Waals surface area contributed by atoms with Crippen LogP contribution >= 0.6 is 11.3 Å². The summed E-state index contributed by atoms with van der Waals surface area (Å²) >= 11 is 1.46. The van der Waals surface area contributed by atoms with E-state index in [1.54, 1.807) is 25.4 Å². The second-order valence-corrected chi connectivity index (χ2v) is 7.36. The van der Waals surface area contributed by atoms with Crippen molar-refractivity contribution >= 4 is 17.2 Å². The van der Waals surface area contributed by atoms with Gasteiger partial charge in [0.1, 0.15) is 5.01 Å². The highest BCUT2D eigenvalue weighted by Gasteiger charge is 2.19. The summed E-state index contributed by atoms with van der Waals surface area (Å²) < 4.78 is 28.8. The molecule has 4 aromatic rings. The Balaban J connectivity index is 1.79. The summed E-state index contributed by atoms with van der Waals surface area (Å²) in [7, 11) is 0. The first kappa shape index (κ1) is 18.9. The Labute approximate surface area is 169 Å².